The highest BCUT2D eigenvalue weighted by molar-refractivity contribution is 9.10. The Kier molecular flexibility index (Phi) is 2.44. The third kappa shape index (κ3) is 1.45. The van der Waals surface area contributed by atoms with Crippen molar-refractivity contribution in [1.29, 1.82) is 0 Å². The molecule has 2 N–H and O–H groups in total. The molecule has 92 valence electrons. The Labute approximate surface area is 109 Å². The van der Waals surface area contributed by atoms with Crippen LogP contribution < -0.4 is 5.73 Å². The van der Waals surface area contributed by atoms with Gasteiger partial charge in [-0.25, -0.2) is 8.42 Å². The van der Waals surface area contributed by atoms with Crippen LogP contribution in [-0.4, -0.2) is 13.2 Å². The Morgan fingerprint density at radius 2 is 2.06 bits per heavy atom. The van der Waals surface area contributed by atoms with Crippen LogP contribution in [0.1, 0.15) is 37.3 Å². The number of halogens is 1. The lowest BCUT2D eigenvalue weighted by molar-refractivity contribution is 0.290. The molecule has 1 fully saturated rings. The van der Waals surface area contributed by atoms with E-state index in [0.717, 1.165) is 29.3 Å². The summed E-state index contributed by atoms with van der Waals surface area (Å²) in [5.74, 6) is 0. The maximum absolute atomic E-state index is 12.6. The van der Waals surface area contributed by atoms with Gasteiger partial charge in [0.05, 0.1) is 9.64 Å². The van der Waals surface area contributed by atoms with Crippen molar-refractivity contribution in [2.75, 3.05) is 0 Å². The van der Waals surface area contributed by atoms with Gasteiger partial charge in [0, 0.05) is 10.5 Å². The number of nitrogens with two attached hydrogens (primary N) is 1. The fourth-order valence-electron chi connectivity index (χ4n) is 2.95. The first kappa shape index (κ1) is 11.7. The van der Waals surface area contributed by atoms with Crippen molar-refractivity contribution >= 4 is 25.8 Å². The van der Waals surface area contributed by atoms with Gasteiger partial charge in [0.1, 0.15) is 0 Å². The maximum atomic E-state index is 12.6. The first-order chi connectivity index (χ1) is 7.96. The molecule has 1 spiro atoms. The van der Waals surface area contributed by atoms with Crippen molar-refractivity contribution in [3.05, 3.63) is 28.2 Å². The predicted octanol–water partition coefficient (Wildman–Crippen LogP) is 2.55. The van der Waals surface area contributed by atoms with Gasteiger partial charge in [-0.05, 0) is 43.0 Å². The van der Waals surface area contributed by atoms with E-state index in [-0.39, 0.29) is 6.04 Å². The zero-order valence-corrected chi connectivity index (χ0v) is 11.7. The van der Waals surface area contributed by atoms with Crippen molar-refractivity contribution in [2.45, 2.75) is 41.4 Å². The molecule has 0 radical (unpaired) electrons. The van der Waals surface area contributed by atoms with Crippen molar-refractivity contribution in [3.8, 4) is 0 Å². The van der Waals surface area contributed by atoms with Gasteiger partial charge >= 0.3 is 0 Å². The van der Waals surface area contributed by atoms with E-state index in [1.807, 2.05) is 6.07 Å². The summed E-state index contributed by atoms with van der Waals surface area (Å²) in [6.07, 6.45) is 3.09. The highest BCUT2D eigenvalue weighted by Gasteiger charge is 2.53. The second-order valence-electron chi connectivity index (χ2n) is 5.03. The molecule has 3 nitrogen and oxygen atoms in total. The lowest BCUT2D eigenvalue weighted by Gasteiger charge is -2.46. The van der Waals surface area contributed by atoms with E-state index in [1.165, 1.54) is 0 Å². The molecule has 1 aliphatic heterocycles. The summed E-state index contributed by atoms with van der Waals surface area (Å²) in [5, 5.41) is 0. The normalized spacial score (nSPS) is 28.5. The zero-order chi connectivity index (χ0) is 12.3. The molecule has 0 amide bonds. The van der Waals surface area contributed by atoms with Crippen LogP contribution in [0.25, 0.3) is 0 Å². The van der Waals surface area contributed by atoms with Crippen LogP contribution in [0, 0.1) is 0 Å². The van der Waals surface area contributed by atoms with Crippen molar-refractivity contribution < 1.29 is 8.42 Å². The maximum Gasteiger partial charge on any atom is 0.184 e. The number of sulfone groups is 1. The molecule has 5 heteroatoms. The highest BCUT2D eigenvalue weighted by atomic mass is 79.9. The summed E-state index contributed by atoms with van der Waals surface area (Å²) in [4.78, 5) is 0.444. The quantitative estimate of drug-likeness (QED) is 0.800. The largest absolute Gasteiger partial charge is 0.324 e. The fraction of sp³-hybridized carbons (Fsp3) is 0.500. The number of fused-ring (bicyclic) bond motifs is 1. The molecule has 1 atom stereocenters. The average molecular weight is 316 g/mol. The van der Waals surface area contributed by atoms with Crippen LogP contribution in [0.4, 0.5) is 0 Å². The number of hydrogen-bond donors (Lipinski definition) is 1. The van der Waals surface area contributed by atoms with Gasteiger partial charge in [0.25, 0.3) is 0 Å². The van der Waals surface area contributed by atoms with Gasteiger partial charge in [-0.1, -0.05) is 22.4 Å². The van der Waals surface area contributed by atoms with Gasteiger partial charge in [0.15, 0.2) is 9.84 Å². The molecule has 0 saturated heterocycles. The summed E-state index contributed by atoms with van der Waals surface area (Å²) >= 11 is 3.36. The third-order valence-corrected chi connectivity index (χ3v) is 7.25. The Morgan fingerprint density at radius 3 is 2.65 bits per heavy atom. The molecule has 0 bridgehead atoms. The molecule has 3 rings (SSSR count). The molecular weight excluding hydrogens is 302 g/mol. The van der Waals surface area contributed by atoms with E-state index >= 15 is 0 Å². The second kappa shape index (κ2) is 3.56. The summed E-state index contributed by atoms with van der Waals surface area (Å²) in [7, 11) is -3.20. The van der Waals surface area contributed by atoms with Crippen molar-refractivity contribution in [1.82, 2.24) is 0 Å². The van der Waals surface area contributed by atoms with E-state index < -0.39 is 14.6 Å². The summed E-state index contributed by atoms with van der Waals surface area (Å²) < 4.78 is 25.5. The standard InChI is InChI=1S/C12H14BrNO2S/c13-8-2-3-11-9(6-8)10(14)7-12(4-1-5-12)17(11,15)16/h2-3,6,10H,1,4-5,7,14H2. The Hall–Kier alpha value is -0.390. The predicted molar refractivity (Wildman–Crippen MR) is 69.5 cm³/mol. The van der Waals surface area contributed by atoms with E-state index in [9.17, 15) is 8.42 Å². The molecule has 1 aliphatic carbocycles. The van der Waals surface area contributed by atoms with Crippen molar-refractivity contribution in [2.24, 2.45) is 5.73 Å². The number of rotatable bonds is 0. The zero-order valence-electron chi connectivity index (χ0n) is 9.32. The topological polar surface area (TPSA) is 60.2 Å². The Morgan fingerprint density at radius 1 is 1.35 bits per heavy atom. The van der Waals surface area contributed by atoms with Crippen LogP contribution in [-0.2, 0) is 9.84 Å². The number of benzene rings is 1. The molecule has 1 heterocycles. The SMILES string of the molecule is NC1CC2(CCC2)S(=O)(=O)c2ccc(Br)cc21. The molecule has 1 aromatic rings. The van der Waals surface area contributed by atoms with Crippen LogP contribution in [0.2, 0.25) is 0 Å². The smallest absolute Gasteiger partial charge is 0.184 e. The monoisotopic (exact) mass is 315 g/mol. The summed E-state index contributed by atoms with van der Waals surface area (Å²) in [6, 6.07) is 5.14. The highest BCUT2D eigenvalue weighted by Crippen LogP contribution is 2.52. The minimum atomic E-state index is -3.20. The van der Waals surface area contributed by atoms with Gasteiger partial charge in [0.2, 0.25) is 0 Å². The van der Waals surface area contributed by atoms with E-state index in [0.29, 0.717) is 11.3 Å². The average Bonchev–Trinajstić information content (AvgIpc) is 2.20. The second-order valence-corrected chi connectivity index (χ2v) is 8.26. The minimum absolute atomic E-state index is 0.161. The lowest BCUT2D eigenvalue weighted by Crippen LogP contribution is -2.50. The van der Waals surface area contributed by atoms with Crippen molar-refractivity contribution in [3.63, 3.8) is 0 Å². The first-order valence-corrected chi connectivity index (χ1v) is 8.04. The summed E-state index contributed by atoms with van der Waals surface area (Å²) in [5.41, 5.74) is 6.90. The van der Waals surface area contributed by atoms with Crippen LogP contribution in [0.5, 0.6) is 0 Å². The molecule has 17 heavy (non-hydrogen) atoms. The molecule has 2 aliphatic rings. The third-order valence-electron chi connectivity index (χ3n) is 4.09. The minimum Gasteiger partial charge on any atom is -0.324 e. The van der Waals surface area contributed by atoms with Crippen LogP contribution in [0.3, 0.4) is 0 Å². The molecule has 1 aromatic carbocycles. The van der Waals surface area contributed by atoms with E-state index in [4.69, 9.17) is 5.73 Å². The lowest BCUT2D eigenvalue weighted by atomic mass is 9.78. The molecule has 0 aromatic heterocycles. The van der Waals surface area contributed by atoms with Gasteiger partial charge in [-0.15, -0.1) is 0 Å². The van der Waals surface area contributed by atoms with Crippen LogP contribution in [0.15, 0.2) is 27.6 Å². The number of hydrogen-bond acceptors (Lipinski definition) is 3. The molecule has 1 saturated carbocycles. The van der Waals surface area contributed by atoms with Crippen LogP contribution >= 0.6 is 15.9 Å². The van der Waals surface area contributed by atoms with Gasteiger partial charge in [-0.3, -0.25) is 0 Å². The fourth-order valence-corrected chi connectivity index (χ4v) is 5.79. The first-order valence-electron chi connectivity index (χ1n) is 5.76. The van der Waals surface area contributed by atoms with Gasteiger partial charge in [-0.2, -0.15) is 0 Å². The Bertz CT molecular complexity index is 578. The van der Waals surface area contributed by atoms with Gasteiger partial charge < -0.3 is 5.73 Å². The van der Waals surface area contributed by atoms with E-state index in [2.05, 4.69) is 15.9 Å². The Balaban J connectivity index is 2.24. The van der Waals surface area contributed by atoms with E-state index in [1.54, 1.807) is 12.1 Å². The molecular formula is C12H14BrNO2S. The molecule has 1 unspecified atom stereocenters. The summed E-state index contributed by atoms with van der Waals surface area (Å²) in [6.45, 7) is 0.